The number of benzene rings is 1. The van der Waals surface area contributed by atoms with E-state index in [0.717, 1.165) is 12.8 Å². The predicted octanol–water partition coefficient (Wildman–Crippen LogP) is 0.358. The van der Waals surface area contributed by atoms with E-state index in [2.05, 4.69) is 41.2 Å². The largest absolute Gasteiger partial charge is 0.494 e. The Kier molecular flexibility index (Phi) is 9.08. The first kappa shape index (κ1) is 30.8. The van der Waals surface area contributed by atoms with Crippen LogP contribution in [0, 0.1) is 5.92 Å². The lowest BCUT2D eigenvalue weighted by atomic mass is 9.49. The molecule has 222 valence electrons. The van der Waals surface area contributed by atoms with Crippen LogP contribution >= 0.6 is 0 Å². The molecule has 3 N–H and O–H groups in total. The van der Waals surface area contributed by atoms with Gasteiger partial charge < -0.3 is 34.8 Å². The molecule has 3 aromatic rings. The third-order valence-electron chi connectivity index (χ3n) is 6.90. The van der Waals surface area contributed by atoms with Crippen molar-refractivity contribution in [3.8, 4) is 17.1 Å². The van der Waals surface area contributed by atoms with E-state index in [1.54, 1.807) is 23.1 Å². The van der Waals surface area contributed by atoms with Crippen molar-refractivity contribution in [2.24, 2.45) is 5.92 Å². The maximum atomic E-state index is 12.9. The topological polar surface area (TPSA) is 177 Å². The molecule has 1 aromatic carbocycles. The molecule has 44 heavy (non-hydrogen) atoms. The van der Waals surface area contributed by atoms with Gasteiger partial charge in [-0.3, -0.25) is 14.5 Å². The normalized spacial score (nSPS) is 15.4. The van der Waals surface area contributed by atoms with Crippen LogP contribution in [0.2, 0.25) is 0 Å². The summed E-state index contributed by atoms with van der Waals surface area (Å²) in [4.78, 5) is 45.3. The van der Waals surface area contributed by atoms with Gasteiger partial charge in [0.15, 0.2) is 17.3 Å². The zero-order valence-electron chi connectivity index (χ0n) is 24.2. The molecule has 0 bridgehead atoms. The van der Waals surface area contributed by atoms with Crippen LogP contribution in [0.4, 0.5) is 22.0 Å². The SMILES string of the molecule is [B]C([B])([B])NC(=O)c1nnc(NC(=O)C2CC2)cc1Nc1cccc(-c2noc(CN3CCN(C(=O)OC)CC3)n2)c1OC. The fourth-order valence-electron chi connectivity index (χ4n) is 4.56. The molecule has 3 amide bonds. The van der Waals surface area contributed by atoms with Gasteiger partial charge >= 0.3 is 6.09 Å². The maximum absolute atomic E-state index is 12.9. The molecule has 1 aliphatic heterocycles. The number of aromatic nitrogens is 4. The fourth-order valence-corrected chi connectivity index (χ4v) is 4.56. The molecule has 1 saturated carbocycles. The Morgan fingerprint density at radius 1 is 1.07 bits per heavy atom. The van der Waals surface area contributed by atoms with Gasteiger partial charge in [0.1, 0.15) is 0 Å². The van der Waals surface area contributed by atoms with E-state index in [1.165, 1.54) is 20.3 Å². The van der Waals surface area contributed by atoms with Crippen LogP contribution in [0.15, 0.2) is 28.8 Å². The fraction of sp³-hybridized carbons (Fsp3) is 0.423. The van der Waals surface area contributed by atoms with Gasteiger partial charge in [0.05, 0.1) is 61.2 Å². The summed E-state index contributed by atoms with van der Waals surface area (Å²) in [6, 6.07) is 6.63. The molecule has 18 heteroatoms. The number of carbonyl (C=O) groups excluding carboxylic acids is 3. The standard InChI is InChI=1S/C26H28B3N9O6/c1-42-21-15(22-32-19(44-36-22)13-37-8-10-38(11-9-37)25(41)43-2)4-3-5-16(21)30-17-12-18(31-23(39)14-6-7-14)34-35-20(17)24(40)33-26(27,28)29/h3-5,12,14H,6-11,13H2,1-2H3,(H,33,40)(H2,30,31,34,39). The number of hydrogen-bond donors (Lipinski definition) is 3. The zero-order chi connectivity index (χ0) is 31.4. The van der Waals surface area contributed by atoms with Crippen molar-refractivity contribution in [3.63, 3.8) is 0 Å². The molecule has 0 atom stereocenters. The Morgan fingerprint density at radius 2 is 1.82 bits per heavy atom. The van der Waals surface area contributed by atoms with Crippen LogP contribution in [0.3, 0.4) is 0 Å². The molecule has 3 heterocycles. The minimum Gasteiger partial charge on any atom is -0.494 e. The van der Waals surface area contributed by atoms with Crippen molar-refractivity contribution in [1.29, 1.82) is 0 Å². The van der Waals surface area contributed by atoms with Crippen LogP contribution in [0.25, 0.3) is 11.4 Å². The molecule has 15 nitrogen and oxygen atoms in total. The summed E-state index contributed by atoms with van der Waals surface area (Å²) in [6.07, 6.45) is 1.24. The highest BCUT2D eigenvalue weighted by atomic mass is 16.5. The summed E-state index contributed by atoms with van der Waals surface area (Å²) >= 11 is 0. The molecular formula is C26H28B3N9O6. The van der Waals surface area contributed by atoms with E-state index < -0.39 is 11.1 Å². The summed E-state index contributed by atoms with van der Waals surface area (Å²) in [5, 5.41) is 18.1. The van der Waals surface area contributed by atoms with E-state index >= 15 is 0 Å². The second kappa shape index (κ2) is 13.0. The van der Waals surface area contributed by atoms with Crippen LogP contribution in [-0.2, 0) is 16.1 Å². The Hall–Kier alpha value is -4.60. The molecule has 1 aliphatic carbocycles. The summed E-state index contributed by atoms with van der Waals surface area (Å²) in [5.74, 6) is 0.0489. The second-order valence-electron chi connectivity index (χ2n) is 10.4. The number of rotatable bonds is 10. The number of para-hydroxylation sites is 1. The number of ether oxygens (including phenoxy) is 2. The van der Waals surface area contributed by atoms with E-state index in [1.807, 2.05) is 0 Å². The van der Waals surface area contributed by atoms with Crippen LogP contribution < -0.4 is 20.7 Å². The van der Waals surface area contributed by atoms with Gasteiger partial charge in [-0.1, -0.05) is 16.5 Å². The maximum Gasteiger partial charge on any atom is 0.409 e. The first-order valence-corrected chi connectivity index (χ1v) is 13.7. The van der Waals surface area contributed by atoms with Crippen molar-refractivity contribution < 1.29 is 28.4 Å². The lowest BCUT2D eigenvalue weighted by Crippen LogP contribution is -2.50. The monoisotopic (exact) mass is 595 g/mol. The quantitative estimate of drug-likeness (QED) is 0.275. The highest BCUT2D eigenvalue weighted by Crippen LogP contribution is 2.37. The van der Waals surface area contributed by atoms with Crippen LogP contribution in [0.5, 0.6) is 5.75 Å². The molecule has 0 unspecified atom stereocenters. The third kappa shape index (κ3) is 7.48. The molecule has 5 rings (SSSR count). The van der Waals surface area contributed by atoms with Gasteiger partial charge in [0, 0.05) is 38.2 Å². The van der Waals surface area contributed by atoms with E-state index in [4.69, 9.17) is 37.5 Å². The summed E-state index contributed by atoms with van der Waals surface area (Å²) in [5.41, 5.74) is 0.879. The van der Waals surface area contributed by atoms with Gasteiger partial charge in [-0.15, -0.1) is 10.2 Å². The number of piperazine rings is 1. The first-order chi connectivity index (χ1) is 21.0. The van der Waals surface area contributed by atoms with Crippen LogP contribution in [0.1, 0.15) is 29.2 Å². The van der Waals surface area contributed by atoms with Crippen molar-refractivity contribution in [1.82, 2.24) is 35.5 Å². The van der Waals surface area contributed by atoms with Crippen molar-refractivity contribution in [2.75, 3.05) is 51.0 Å². The highest BCUT2D eigenvalue weighted by molar-refractivity contribution is 6.60. The Labute approximate surface area is 257 Å². The number of anilines is 3. The minimum absolute atomic E-state index is 0.0791. The van der Waals surface area contributed by atoms with Crippen LogP contribution in [-0.4, -0.2) is 117 Å². The summed E-state index contributed by atoms with van der Waals surface area (Å²) < 4.78 is 16.0. The number of nitrogens with one attached hydrogen (secondary N) is 3. The minimum atomic E-state index is -2.02. The second-order valence-corrected chi connectivity index (χ2v) is 10.4. The van der Waals surface area contributed by atoms with Crippen molar-refractivity contribution in [3.05, 3.63) is 35.9 Å². The van der Waals surface area contributed by atoms with E-state index in [-0.39, 0.29) is 40.9 Å². The highest BCUT2D eigenvalue weighted by Gasteiger charge is 2.30. The van der Waals surface area contributed by atoms with E-state index in [9.17, 15) is 14.4 Å². The molecule has 6 radical (unpaired) electrons. The zero-order valence-corrected chi connectivity index (χ0v) is 24.2. The Morgan fingerprint density at radius 3 is 2.48 bits per heavy atom. The molecule has 0 spiro atoms. The van der Waals surface area contributed by atoms with Gasteiger partial charge in [0.2, 0.25) is 17.6 Å². The number of hydrogen-bond acceptors (Lipinski definition) is 12. The van der Waals surface area contributed by atoms with Crippen molar-refractivity contribution >= 4 is 58.6 Å². The Balaban J connectivity index is 1.37. The smallest absolute Gasteiger partial charge is 0.409 e. The number of amides is 3. The number of nitrogens with zero attached hydrogens (tertiary/aromatic N) is 6. The molecule has 2 fully saturated rings. The number of carbonyl (C=O) groups is 3. The third-order valence-corrected chi connectivity index (χ3v) is 6.90. The molecule has 1 saturated heterocycles. The predicted molar refractivity (Wildman–Crippen MR) is 160 cm³/mol. The first-order valence-electron chi connectivity index (χ1n) is 13.7. The number of methoxy groups -OCH3 is 2. The van der Waals surface area contributed by atoms with Gasteiger partial charge in [-0.25, -0.2) is 4.79 Å². The van der Waals surface area contributed by atoms with Gasteiger partial charge in [-0.05, 0) is 25.0 Å². The van der Waals surface area contributed by atoms with E-state index in [0.29, 0.717) is 55.6 Å². The lowest BCUT2D eigenvalue weighted by molar-refractivity contribution is -0.117. The van der Waals surface area contributed by atoms with Gasteiger partial charge in [-0.2, -0.15) is 4.98 Å². The summed E-state index contributed by atoms with van der Waals surface area (Å²) in [7, 11) is 19.5. The molecular weight excluding hydrogens is 567 g/mol. The average molecular weight is 595 g/mol. The van der Waals surface area contributed by atoms with Gasteiger partial charge in [0.25, 0.3) is 5.91 Å². The average Bonchev–Trinajstić information content (AvgIpc) is 3.75. The lowest BCUT2D eigenvalue weighted by Gasteiger charge is -2.32. The van der Waals surface area contributed by atoms with Crippen molar-refractivity contribution in [2.45, 2.75) is 24.6 Å². The molecule has 2 aliphatic rings. The summed E-state index contributed by atoms with van der Waals surface area (Å²) in [6.45, 7) is 2.67. The Bertz CT molecular complexity index is 1540. The molecule has 2 aromatic heterocycles.